The Morgan fingerprint density at radius 3 is 2.85 bits per heavy atom. The van der Waals surface area contributed by atoms with Gasteiger partial charge in [-0.3, -0.25) is 0 Å². The first kappa shape index (κ1) is 11.3. The zero-order valence-corrected chi connectivity index (χ0v) is 9.83. The number of thioether (sulfide) groups is 1. The van der Waals surface area contributed by atoms with Crippen LogP contribution in [0.4, 0.5) is 0 Å². The van der Waals surface area contributed by atoms with Crippen molar-refractivity contribution in [1.29, 1.82) is 0 Å². The first-order chi connectivity index (χ1) is 6.06. The third-order valence-electron chi connectivity index (χ3n) is 2.16. The average Bonchev–Trinajstić information content (AvgIpc) is 2.30. The van der Waals surface area contributed by atoms with Crippen molar-refractivity contribution in [1.82, 2.24) is 4.31 Å². The number of sulfonamides is 1. The molecule has 0 aliphatic carbocycles. The Morgan fingerprint density at radius 1 is 1.54 bits per heavy atom. The highest BCUT2D eigenvalue weighted by atomic mass is 32.2. The summed E-state index contributed by atoms with van der Waals surface area (Å²) >= 11 is 1.85. The zero-order chi connectivity index (χ0) is 9.90. The van der Waals surface area contributed by atoms with E-state index in [9.17, 15) is 8.42 Å². The normalized spacial score (nSPS) is 27.1. The minimum absolute atomic E-state index is 0.227. The zero-order valence-electron chi connectivity index (χ0n) is 8.19. The van der Waals surface area contributed by atoms with Crippen LogP contribution in [0.15, 0.2) is 0 Å². The van der Waals surface area contributed by atoms with Crippen molar-refractivity contribution < 1.29 is 8.42 Å². The van der Waals surface area contributed by atoms with E-state index < -0.39 is 10.0 Å². The molecule has 0 spiro atoms. The van der Waals surface area contributed by atoms with Crippen LogP contribution in [0.1, 0.15) is 13.8 Å². The molecule has 0 aromatic rings. The Hall–Kier alpha value is 0.260. The molecule has 78 valence electrons. The van der Waals surface area contributed by atoms with Gasteiger partial charge in [-0.05, 0) is 18.6 Å². The van der Waals surface area contributed by atoms with E-state index in [0.717, 1.165) is 11.5 Å². The molecule has 5 heteroatoms. The molecule has 0 radical (unpaired) electrons. The van der Waals surface area contributed by atoms with Crippen molar-refractivity contribution in [3.8, 4) is 0 Å². The van der Waals surface area contributed by atoms with Gasteiger partial charge in [0, 0.05) is 18.8 Å². The van der Waals surface area contributed by atoms with Gasteiger partial charge in [0.2, 0.25) is 10.0 Å². The van der Waals surface area contributed by atoms with Crippen LogP contribution >= 0.6 is 11.8 Å². The molecule has 0 aromatic carbocycles. The van der Waals surface area contributed by atoms with E-state index in [-0.39, 0.29) is 5.75 Å². The fourth-order valence-corrected chi connectivity index (χ4v) is 3.73. The van der Waals surface area contributed by atoms with Crippen LogP contribution in [0.2, 0.25) is 0 Å². The van der Waals surface area contributed by atoms with Gasteiger partial charge in [0.25, 0.3) is 0 Å². The maximum atomic E-state index is 11.6. The van der Waals surface area contributed by atoms with Crippen LogP contribution in [0.5, 0.6) is 0 Å². The Morgan fingerprint density at radius 2 is 2.23 bits per heavy atom. The maximum Gasteiger partial charge on any atom is 0.213 e. The largest absolute Gasteiger partial charge is 0.213 e. The fraction of sp³-hybridized carbons (Fsp3) is 1.00. The molecule has 0 amide bonds. The lowest BCUT2D eigenvalue weighted by atomic mass is 10.2. The second-order valence-corrected chi connectivity index (χ2v) is 6.85. The summed E-state index contributed by atoms with van der Waals surface area (Å²) in [5.41, 5.74) is 0. The summed E-state index contributed by atoms with van der Waals surface area (Å²) in [4.78, 5) is 0. The highest BCUT2D eigenvalue weighted by molar-refractivity contribution is 7.99. The van der Waals surface area contributed by atoms with Crippen LogP contribution < -0.4 is 0 Å². The number of nitrogens with zero attached hydrogens (tertiary/aromatic N) is 1. The van der Waals surface area contributed by atoms with Crippen molar-refractivity contribution in [2.75, 3.05) is 30.3 Å². The van der Waals surface area contributed by atoms with Crippen molar-refractivity contribution in [3.63, 3.8) is 0 Å². The van der Waals surface area contributed by atoms with Gasteiger partial charge in [-0.15, -0.1) is 0 Å². The highest BCUT2D eigenvalue weighted by Crippen LogP contribution is 2.17. The first-order valence-electron chi connectivity index (χ1n) is 4.62. The highest BCUT2D eigenvalue weighted by Gasteiger charge is 2.23. The minimum Gasteiger partial charge on any atom is -0.212 e. The maximum absolute atomic E-state index is 11.6. The van der Waals surface area contributed by atoms with Crippen LogP contribution in [0.3, 0.4) is 0 Å². The van der Waals surface area contributed by atoms with Gasteiger partial charge in [-0.1, -0.05) is 6.92 Å². The third kappa shape index (κ3) is 3.14. The molecule has 0 aromatic heterocycles. The van der Waals surface area contributed by atoms with Crippen LogP contribution in [0, 0.1) is 5.92 Å². The summed E-state index contributed by atoms with van der Waals surface area (Å²) in [5.74, 6) is 2.72. The third-order valence-corrected chi connectivity index (χ3v) is 5.28. The molecule has 1 heterocycles. The number of hydrogen-bond acceptors (Lipinski definition) is 3. The number of hydrogen-bond donors (Lipinski definition) is 0. The molecular weight excluding hydrogens is 206 g/mol. The van der Waals surface area contributed by atoms with E-state index in [2.05, 4.69) is 6.92 Å². The minimum atomic E-state index is -2.96. The Balaban J connectivity index is 2.68. The summed E-state index contributed by atoms with van der Waals surface area (Å²) in [6.07, 6.45) is 0. The van der Waals surface area contributed by atoms with Crippen molar-refractivity contribution in [2.45, 2.75) is 13.8 Å². The standard InChI is InChI=1S/C8H17NO2S2/c1-3-13(10,11)9-4-5-12-7-8(2)6-9/h8H,3-7H2,1-2H3. The second kappa shape index (κ2) is 4.66. The molecule has 1 atom stereocenters. The van der Waals surface area contributed by atoms with Crippen molar-refractivity contribution >= 4 is 21.8 Å². The van der Waals surface area contributed by atoms with E-state index in [1.165, 1.54) is 0 Å². The summed E-state index contributed by atoms with van der Waals surface area (Å²) in [5, 5.41) is 0. The summed E-state index contributed by atoms with van der Waals surface area (Å²) in [6.45, 7) is 5.20. The predicted molar refractivity (Wildman–Crippen MR) is 57.5 cm³/mol. The molecule has 1 fully saturated rings. The van der Waals surface area contributed by atoms with Gasteiger partial charge in [0.05, 0.1) is 5.75 Å². The van der Waals surface area contributed by atoms with Gasteiger partial charge in [-0.25, -0.2) is 12.7 Å². The first-order valence-corrected chi connectivity index (χ1v) is 7.38. The van der Waals surface area contributed by atoms with Crippen molar-refractivity contribution in [2.24, 2.45) is 5.92 Å². The quantitative estimate of drug-likeness (QED) is 0.701. The summed E-state index contributed by atoms with van der Waals surface area (Å²) < 4.78 is 24.8. The second-order valence-electron chi connectivity index (χ2n) is 3.44. The molecule has 1 rings (SSSR count). The lowest BCUT2D eigenvalue weighted by molar-refractivity contribution is 0.392. The molecule has 0 N–H and O–H groups in total. The lowest BCUT2D eigenvalue weighted by Crippen LogP contribution is -2.36. The van der Waals surface area contributed by atoms with Crippen LogP contribution in [-0.4, -0.2) is 43.1 Å². The van der Waals surface area contributed by atoms with E-state index in [1.54, 1.807) is 11.2 Å². The van der Waals surface area contributed by atoms with Crippen LogP contribution in [0.25, 0.3) is 0 Å². The molecule has 13 heavy (non-hydrogen) atoms. The van der Waals surface area contributed by atoms with Crippen molar-refractivity contribution in [3.05, 3.63) is 0 Å². The Bertz CT molecular complexity index is 251. The average molecular weight is 223 g/mol. The van der Waals surface area contributed by atoms with E-state index in [4.69, 9.17) is 0 Å². The summed E-state index contributed by atoms with van der Waals surface area (Å²) in [6, 6.07) is 0. The number of rotatable bonds is 2. The fourth-order valence-electron chi connectivity index (χ4n) is 1.38. The van der Waals surface area contributed by atoms with Gasteiger partial charge < -0.3 is 0 Å². The molecule has 1 unspecified atom stereocenters. The van der Waals surface area contributed by atoms with Gasteiger partial charge in [-0.2, -0.15) is 11.8 Å². The molecule has 0 saturated carbocycles. The molecule has 1 aliphatic heterocycles. The van der Waals surface area contributed by atoms with E-state index in [0.29, 0.717) is 19.0 Å². The van der Waals surface area contributed by atoms with E-state index >= 15 is 0 Å². The monoisotopic (exact) mass is 223 g/mol. The lowest BCUT2D eigenvalue weighted by Gasteiger charge is -2.20. The molecule has 0 bridgehead atoms. The van der Waals surface area contributed by atoms with Gasteiger partial charge in [0.1, 0.15) is 0 Å². The molecular formula is C8H17NO2S2. The molecule has 1 saturated heterocycles. The predicted octanol–water partition coefficient (Wildman–Crippen LogP) is 1.02. The van der Waals surface area contributed by atoms with Gasteiger partial charge in [0.15, 0.2) is 0 Å². The Labute approximate surface area is 84.9 Å². The molecule has 3 nitrogen and oxygen atoms in total. The molecule has 1 aliphatic rings. The topological polar surface area (TPSA) is 37.4 Å². The van der Waals surface area contributed by atoms with Gasteiger partial charge >= 0.3 is 0 Å². The smallest absolute Gasteiger partial charge is 0.212 e. The SMILES string of the molecule is CCS(=O)(=O)N1CCSCC(C)C1. The van der Waals surface area contributed by atoms with E-state index in [1.807, 2.05) is 11.8 Å². The Kier molecular flexibility index (Phi) is 4.06. The summed E-state index contributed by atoms with van der Waals surface area (Å²) in [7, 11) is -2.96. The van der Waals surface area contributed by atoms with Crippen LogP contribution in [-0.2, 0) is 10.0 Å².